The van der Waals surface area contributed by atoms with Crippen molar-refractivity contribution in [3.63, 3.8) is 0 Å². The van der Waals surface area contributed by atoms with Gasteiger partial charge in [-0.1, -0.05) is 23.2 Å². The molecule has 1 aliphatic heterocycles. The molecule has 0 aromatic heterocycles. The van der Waals surface area contributed by atoms with E-state index >= 15 is 0 Å². The monoisotopic (exact) mass is 323 g/mol. The summed E-state index contributed by atoms with van der Waals surface area (Å²) in [7, 11) is -3.63. The van der Waals surface area contributed by atoms with Gasteiger partial charge in [0.2, 0.25) is 10.0 Å². The van der Waals surface area contributed by atoms with Crippen molar-refractivity contribution >= 4 is 33.2 Å². The second-order valence-corrected chi connectivity index (χ2v) is 7.12. The van der Waals surface area contributed by atoms with Crippen molar-refractivity contribution in [1.82, 2.24) is 4.31 Å². The lowest BCUT2D eigenvalue weighted by molar-refractivity contribution is 0.0730. The van der Waals surface area contributed by atoms with Crippen LogP contribution in [0.5, 0.6) is 0 Å². The molecule has 106 valence electrons. The molecule has 0 bridgehead atoms. The summed E-state index contributed by atoms with van der Waals surface area (Å²) in [4.78, 5) is 0.112. The molecule has 0 N–H and O–H groups in total. The van der Waals surface area contributed by atoms with Crippen LogP contribution in [0.4, 0.5) is 0 Å². The maximum absolute atomic E-state index is 12.7. The van der Waals surface area contributed by atoms with Crippen LogP contribution in [0.25, 0.3) is 0 Å². The Labute approximate surface area is 123 Å². The van der Waals surface area contributed by atoms with Crippen LogP contribution < -0.4 is 0 Å². The van der Waals surface area contributed by atoms with E-state index in [2.05, 4.69) is 0 Å². The Morgan fingerprint density at radius 3 is 2.37 bits per heavy atom. The highest BCUT2D eigenvalue weighted by atomic mass is 35.5. The van der Waals surface area contributed by atoms with Gasteiger partial charge in [-0.05, 0) is 31.0 Å². The molecule has 7 heteroatoms. The molecule has 2 rings (SSSR count). The zero-order valence-electron chi connectivity index (χ0n) is 10.7. The number of hydrogen-bond donors (Lipinski definition) is 0. The first-order chi connectivity index (χ1) is 8.85. The van der Waals surface area contributed by atoms with Crippen LogP contribution in [0.3, 0.4) is 0 Å². The number of ether oxygens (including phenoxy) is 1. The summed E-state index contributed by atoms with van der Waals surface area (Å²) >= 11 is 12.2. The summed E-state index contributed by atoms with van der Waals surface area (Å²) in [5, 5.41) is 0.655. The minimum Gasteiger partial charge on any atom is -0.379 e. The van der Waals surface area contributed by atoms with Crippen molar-refractivity contribution in [2.75, 3.05) is 26.3 Å². The van der Waals surface area contributed by atoms with Gasteiger partial charge in [-0.2, -0.15) is 4.31 Å². The summed E-state index contributed by atoms with van der Waals surface area (Å²) in [5.41, 5.74) is 1.15. The summed E-state index contributed by atoms with van der Waals surface area (Å²) < 4.78 is 31.9. The van der Waals surface area contributed by atoms with Gasteiger partial charge in [-0.25, -0.2) is 8.42 Å². The van der Waals surface area contributed by atoms with Crippen molar-refractivity contribution in [1.29, 1.82) is 0 Å². The average molecular weight is 324 g/mol. The third kappa shape index (κ3) is 2.76. The third-order valence-electron chi connectivity index (χ3n) is 3.16. The molecule has 0 amide bonds. The number of aryl methyl sites for hydroxylation is 1. The lowest BCUT2D eigenvalue weighted by Crippen LogP contribution is -2.41. The van der Waals surface area contributed by atoms with Crippen LogP contribution in [-0.2, 0) is 14.8 Å². The molecule has 0 saturated carbocycles. The summed E-state index contributed by atoms with van der Waals surface area (Å²) in [6, 6.07) is 1.68. The average Bonchev–Trinajstić information content (AvgIpc) is 2.37. The molecule has 0 aliphatic carbocycles. The molecule has 1 aromatic carbocycles. The Balaban J connectivity index is 2.57. The van der Waals surface area contributed by atoms with Crippen LogP contribution in [0.1, 0.15) is 11.1 Å². The maximum Gasteiger partial charge on any atom is 0.245 e. The molecule has 1 aliphatic rings. The van der Waals surface area contributed by atoms with Crippen molar-refractivity contribution in [2.45, 2.75) is 18.7 Å². The van der Waals surface area contributed by atoms with Crippen molar-refractivity contribution in [3.05, 3.63) is 27.2 Å². The van der Waals surface area contributed by atoms with E-state index < -0.39 is 10.0 Å². The molecule has 19 heavy (non-hydrogen) atoms. The van der Waals surface area contributed by atoms with E-state index in [-0.39, 0.29) is 9.92 Å². The standard InChI is InChI=1S/C12H15Cl2NO3S/c1-8-7-10(13)9(2)12(11(8)14)19(16,17)15-3-5-18-6-4-15/h7H,3-6H2,1-2H3. The number of morpholine rings is 1. The molecular weight excluding hydrogens is 309 g/mol. The first-order valence-corrected chi connectivity index (χ1v) is 8.08. The van der Waals surface area contributed by atoms with E-state index in [1.165, 1.54) is 4.31 Å². The fourth-order valence-electron chi connectivity index (χ4n) is 2.04. The fourth-order valence-corrected chi connectivity index (χ4v) is 4.61. The van der Waals surface area contributed by atoms with E-state index in [4.69, 9.17) is 27.9 Å². The molecule has 0 spiro atoms. The SMILES string of the molecule is Cc1cc(Cl)c(C)c(S(=O)(=O)N2CCOCC2)c1Cl. The zero-order chi connectivity index (χ0) is 14.2. The Kier molecular flexibility index (Phi) is 4.42. The lowest BCUT2D eigenvalue weighted by atomic mass is 10.2. The molecule has 4 nitrogen and oxygen atoms in total. The number of benzene rings is 1. The van der Waals surface area contributed by atoms with Gasteiger partial charge in [-0.15, -0.1) is 0 Å². The number of rotatable bonds is 2. The molecule has 1 heterocycles. The second-order valence-electron chi connectivity index (χ2n) is 4.46. The van der Waals surface area contributed by atoms with Gasteiger partial charge in [0.25, 0.3) is 0 Å². The number of halogens is 2. The summed E-state index contributed by atoms with van der Waals surface area (Å²) in [6.07, 6.45) is 0. The third-order valence-corrected chi connectivity index (χ3v) is 6.22. The van der Waals surface area contributed by atoms with Gasteiger partial charge in [0.15, 0.2) is 0 Å². The Hall–Kier alpha value is -0.330. The molecule has 0 unspecified atom stereocenters. The fraction of sp³-hybridized carbons (Fsp3) is 0.500. The molecule has 1 saturated heterocycles. The van der Waals surface area contributed by atoms with Gasteiger partial charge in [0, 0.05) is 18.1 Å². The predicted molar refractivity (Wildman–Crippen MR) is 75.5 cm³/mol. The number of nitrogens with zero attached hydrogens (tertiary/aromatic N) is 1. The first-order valence-electron chi connectivity index (χ1n) is 5.89. The normalized spacial score (nSPS) is 17.7. The van der Waals surface area contributed by atoms with E-state index in [0.717, 1.165) is 0 Å². The predicted octanol–water partition coefficient (Wildman–Crippen LogP) is 2.63. The highest BCUT2D eigenvalue weighted by Gasteiger charge is 2.31. The van der Waals surface area contributed by atoms with Crippen molar-refractivity contribution in [2.24, 2.45) is 0 Å². The Morgan fingerprint density at radius 2 is 1.79 bits per heavy atom. The molecule has 0 atom stereocenters. The van der Waals surface area contributed by atoms with Gasteiger partial charge in [0.1, 0.15) is 4.90 Å². The minimum absolute atomic E-state index is 0.112. The van der Waals surface area contributed by atoms with Crippen LogP contribution in [0, 0.1) is 13.8 Å². The highest BCUT2D eigenvalue weighted by molar-refractivity contribution is 7.89. The van der Waals surface area contributed by atoms with E-state index in [1.807, 2.05) is 0 Å². The smallest absolute Gasteiger partial charge is 0.245 e. The Morgan fingerprint density at radius 1 is 1.21 bits per heavy atom. The zero-order valence-corrected chi connectivity index (χ0v) is 13.1. The van der Waals surface area contributed by atoms with Crippen LogP contribution in [-0.4, -0.2) is 39.0 Å². The number of sulfonamides is 1. The van der Waals surface area contributed by atoms with Crippen LogP contribution in [0.2, 0.25) is 10.0 Å². The largest absolute Gasteiger partial charge is 0.379 e. The van der Waals surface area contributed by atoms with E-state index in [9.17, 15) is 8.42 Å². The molecule has 1 fully saturated rings. The second kappa shape index (κ2) is 5.58. The quantitative estimate of drug-likeness (QED) is 0.840. The minimum atomic E-state index is -3.63. The van der Waals surface area contributed by atoms with E-state index in [0.29, 0.717) is 42.5 Å². The topological polar surface area (TPSA) is 46.6 Å². The van der Waals surface area contributed by atoms with Gasteiger partial charge in [-0.3, -0.25) is 0 Å². The van der Waals surface area contributed by atoms with Crippen LogP contribution >= 0.6 is 23.2 Å². The van der Waals surface area contributed by atoms with E-state index in [1.54, 1.807) is 19.9 Å². The van der Waals surface area contributed by atoms with Gasteiger partial charge < -0.3 is 4.74 Å². The first kappa shape index (κ1) is 15.1. The van der Waals surface area contributed by atoms with Crippen molar-refractivity contribution in [3.8, 4) is 0 Å². The lowest BCUT2D eigenvalue weighted by Gasteiger charge is -2.27. The molecule has 1 aromatic rings. The van der Waals surface area contributed by atoms with Crippen LogP contribution in [0.15, 0.2) is 11.0 Å². The van der Waals surface area contributed by atoms with Crippen molar-refractivity contribution < 1.29 is 13.2 Å². The molecular formula is C12H15Cl2NO3S. The maximum atomic E-state index is 12.7. The number of hydrogen-bond acceptors (Lipinski definition) is 3. The van der Waals surface area contributed by atoms with Gasteiger partial charge in [0.05, 0.1) is 18.2 Å². The van der Waals surface area contributed by atoms with Gasteiger partial charge >= 0.3 is 0 Å². The summed E-state index contributed by atoms with van der Waals surface area (Å²) in [5.74, 6) is 0. The molecule has 0 radical (unpaired) electrons. The highest BCUT2D eigenvalue weighted by Crippen LogP contribution is 2.35. The Bertz CT molecular complexity index is 569. The summed E-state index contributed by atoms with van der Waals surface area (Å²) in [6.45, 7) is 4.88.